The van der Waals surface area contributed by atoms with Gasteiger partial charge in [-0.3, -0.25) is 0 Å². The summed E-state index contributed by atoms with van der Waals surface area (Å²) in [5, 5.41) is 26.9. The van der Waals surface area contributed by atoms with Gasteiger partial charge in [-0.15, -0.1) is 0 Å². The van der Waals surface area contributed by atoms with Gasteiger partial charge in [-0.2, -0.15) is 5.26 Å². The van der Waals surface area contributed by atoms with E-state index in [0.717, 1.165) is 0 Å². The molecule has 0 spiro atoms. The molecule has 0 amide bonds. The first-order chi connectivity index (χ1) is 8.12. The smallest absolute Gasteiger partial charge is 0.423 e. The average Bonchev–Trinajstić information content (AvgIpc) is 2.20. The molecule has 0 heterocycles. The molecular formula is C8H8BNO2. The SMILES string of the molecule is [2H]c1c([2H])c(B(O)O)c([2H])c(C([2H])([2H])[2H])c1C#N. The summed E-state index contributed by atoms with van der Waals surface area (Å²) in [6.07, 6.45) is 0. The zero-order valence-corrected chi connectivity index (χ0v) is 5.92. The first-order valence-corrected chi connectivity index (χ1v) is 3.03. The fourth-order valence-corrected chi connectivity index (χ4v) is 0.634. The Morgan fingerprint density at radius 3 is 2.92 bits per heavy atom. The molecule has 0 aliphatic rings. The summed E-state index contributed by atoms with van der Waals surface area (Å²) in [7, 11) is -2.25. The summed E-state index contributed by atoms with van der Waals surface area (Å²) in [6.45, 7) is -2.85. The van der Waals surface area contributed by atoms with Gasteiger partial charge in [0.2, 0.25) is 0 Å². The van der Waals surface area contributed by atoms with Crippen molar-refractivity contribution in [1.29, 1.82) is 5.26 Å². The van der Waals surface area contributed by atoms with E-state index >= 15 is 0 Å². The van der Waals surface area contributed by atoms with Crippen molar-refractivity contribution in [2.45, 2.75) is 6.85 Å². The van der Waals surface area contributed by atoms with Gasteiger partial charge in [-0.05, 0) is 23.9 Å². The van der Waals surface area contributed by atoms with E-state index in [4.69, 9.17) is 23.5 Å². The lowest BCUT2D eigenvalue weighted by molar-refractivity contribution is 0.425. The molecule has 0 aliphatic carbocycles. The molecule has 0 radical (unpaired) electrons. The number of hydrogen-bond donors (Lipinski definition) is 2. The van der Waals surface area contributed by atoms with Crippen LogP contribution in [0, 0.1) is 18.2 Å². The summed E-state index contributed by atoms with van der Waals surface area (Å²) >= 11 is 0. The van der Waals surface area contributed by atoms with E-state index in [1.807, 2.05) is 0 Å². The van der Waals surface area contributed by atoms with Crippen LogP contribution in [-0.2, 0) is 0 Å². The summed E-state index contributed by atoms with van der Waals surface area (Å²) in [5.41, 5.74) is -2.05. The van der Waals surface area contributed by atoms with Crippen LogP contribution in [0.1, 0.15) is 19.4 Å². The van der Waals surface area contributed by atoms with Crippen molar-refractivity contribution in [3.8, 4) is 6.07 Å². The summed E-state index contributed by atoms with van der Waals surface area (Å²) in [4.78, 5) is 0. The first-order valence-electron chi connectivity index (χ1n) is 6.03. The standard InChI is InChI=1S/C8H8BNO2/c1-6-4-8(9(11)12)3-2-7(6)5-10/h2-4,11-12H,1H3/i1D3,2D,3D,4D. The highest BCUT2D eigenvalue weighted by Gasteiger charge is 2.11. The van der Waals surface area contributed by atoms with Crippen LogP contribution in [0.2, 0.25) is 0 Å². The Morgan fingerprint density at radius 1 is 1.67 bits per heavy atom. The maximum atomic E-state index is 9.03. The largest absolute Gasteiger partial charge is 0.488 e. The number of nitrogens with zero attached hydrogens (tertiary/aromatic N) is 1. The molecule has 1 aromatic rings. The van der Waals surface area contributed by atoms with E-state index in [1.54, 1.807) is 0 Å². The molecule has 0 bridgehead atoms. The Morgan fingerprint density at radius 2 is 2.42 bits per heavy atom. The molecule has 0 aromatic heterocycles. The van der Waals surface area contributed by atoms with Gasteiger partial charge in [0.05, 0.1) is 15.7 Å². The first kappa shape index (κ1) is 3.61. The molecule has 0 fully saturated rings. The lowest BCUT2D eigenvalue weighted by atomic mass is 9.79. The average molecular weight is 167 g/mol. The third kappa shape index (κ3) is 1.64. The maximum absolute atomic E-state index is 9.03. The van der Waals surface area contributed by atoms with E-state index < -0.39 is 48.7 Å². The Kier molecular flexibility index (Phi) is 1.02. The molecule has 0 saturated carbocycles. The zero-order valence-electron chi connectivity index (χ0n) is 11.9. The van der Waals surface area contributed by atoms with E-state index in [-0.39, 0.29) is 0 Å². The van der Waals surface area contributed by atoms with E-state index in [0.29, 0.717) is 0 Å². The van der Waals surface area contributed by atoms with Crippen LogP contribution in [0.25, 0.3) is 0 Å². The molecule has 1 rings (SSSR count). The molecule has 1 aromatic carbocycles. The fraction of sp³-hybridized carbons (Fsp3) is 0.125. The van der Waals surface area contributed by atoms with E-state index in [1.165, 1.54) is 6.07 Å². The Labute approximate surface area is 79.5 Å². The Bertz CT molecular complexity index is 536. The lowest BCUT2D eigenvalue weighted by Gasteiger charge is -2.01. The van der Waals surface area contributed by atoms with Crippen molar-refractivity contribution in [3.63, 3.8) is 0 Å². The normalized spacial score (nSPS) is 17.4. The Balaban J connectivity index is 3.87. The second kappa shape index (κ2) is 3.39. The molecule has 3 nitrogen and oxygen atoms in total. The van der Waals surface area contributed by atoms with E-state index in [9.17, 15) is 0 Å². The van der Waals surface area contributed by atoms with Crippen molar-refractivity contribution in [1.82, 2.24) is 0 Å². The van der Waals surface area contributed by atoms with Crippen molar-refractivity contribution in [2.75, 3.05) is 0 Å². The second-order valence-electron chi connectivity index (χ2n) is 2.02. The van der Waals surface area contributed by atoms with E-state index in [2.05, 4.69) is 0 Å². The monoisotopic (exact) mass is 167 g/mol. The van der Waals surface area contributed by atoms with Crippen molar-refractivity contribution in [3.05, 3.63) is 29.3 Å². The van der Waals surface area contributed by atoms with Gasteiger partial charge < -0.3 is 10.0 Å². The molecular weight excluding hydrogens is 153 g/mol. The van der Waals surface area contributed by atoms with Gasteiger partial charge in [0.25, 0.3) is 0 Å². The number of hydrogen-bond acceptors (Lipinski definition) is 3. The summed E-state index contributed by atoms with van der Waals surface area (Å²) in [5.74, 6) is 0. The number of benzene rings is 1. The maximum Gasteiger partial charge on any atom is 0.488 e. The molecule has 0 saturated heterocycles. The van der Waals surface area contributed by atoms with Crippen molar-refractivity contribution in [2.24, 2.45) is 0 Å². The highest BCUT2D eigenvalue weighted by molar-refractivity contribution is 6.58. The lowest BCUT2D eigenvalue weighted by Crippen LogP contribution is -2.29. The highest BCUT2D eigenvalue weighted by atomic mass is 16.4. The van der Waals surface area contributed by atoms with Gasteiger partial charge in [-0.1, -0.05) is 12.1 Å². The van der Waals surface area contributed by atoms with Crippen LogP contribution in [0.5, 0.6) is 0 Å². The van der Waals surface area contributed by atoms with Gasteiger partial charge >= 0.3 is 7.12 Å². The van der Waals surface area contributed by atoms with Gasteiger partial charge in [0.1, 0.15) is 0 Å². The van der Waals surface area contributed by atoms with Crippen LogP contribution in [0.15, 0.2) is 18.1 Å². The summed E-state index contributed by atoms with van der Waals surface area (Å²) in [6, 6.07) is -0.820. The topological polar surface area (TPSA) is 64.2 Å². The predicted octanol–water partition coefficient (Wildman–Crippen LogP) is -0.454. The van der Waals surface area contributed by atoms with Gasteiger partial charge in [-0.25, -0.2) is 0 Å². The predicted molar refractivity (Wildman–Crippen MR) is 45.7 cm³/mol. The quantitative estimate of drug-likeness (QED) is 0.556. The molecule has 2 N–H and O–H groups in total. The van der Waals surface area contributed by atoms with Crippen LogP contribution in [0.4, 0.5) is 0 Å². The number of nitriles is 1. The Hall–Kier alpha value is -1.31. The highest BCUT2D eigenvalue weighted by Crippen LogP contribution is 2.03. The minimum absolute atomic E-state index is 0.616. The summed E-state index contributed by atoms with van der Waals surface area (Å²) < 4.78 is 44.2. The second-order valence-corrected chi connectivity index (χ2v) is 2.02. The van der Waals surface area contributed by atoms with Crippen LogP contribution in [0.3, 0.4) is 0 Å². The van der Waals surface area contributed by atoms with Gasteiger partial charge in [0.15, 0.2) is 0 Å². The third-order valence-corrected chi connectivity index (χ3v) is 1.20. The zero-order chi connectivity index (χ0) is 14.2. The van der Waals surface area contributed by atoms with Crippen molar-refractivity contribution >= 4 is 12.6 Å². The molecule has 0 unspecified atom stereocenters. The molecule has 4 heteroatoms. The molecule has 12 heavy (non-hydrogen) atoms. The molecule has 60 valence electrons. The van der Waals surface area contributed by atoms with Gasteiger partial charge in [0, 0.05) is 4.11 Å². The molecule has 0 atom stereocenters. The third-order valence-electron chi connectivity index (χ3n) is 1.20. The van der Waals surface area contributed by atoms with Crippen LogP contribution in [-0.4, -0.2) is 17.2 Å². The van der Waals surface area contributed by atoms with Crippen molar-refractivity contribution < 1.29 is 18.3 Å². The minimum atomic E-state index is -2.85. The minimum Gasteiger partial charge on any atom is -0.423 e. The number of rotatable bonds is 1. The van der Waals surface area contributed by atoms with Crippen LogP contribution < -0.4 is 5.46 Å². The fourth-order valence-electron chi connectivity index (χ4n) is 0.634. The van der Waals surface area contributed by atoms with Crippen LogP contribution >= 0.6 is 0 Å². The molecule has 0 aliphatic heterocycles.